The largest absolute Gasteiger partial charge is 0.462 e. The van der Waals surface area contributed by atoms with Crippen LogP contribution in [0, 0.1) is 11.3 Å². The fourth-order valence-corrected chi connectivity index (χ4v) is 4.57. The van der Waals surface area contributed by atoms with Gasteiger partial charge in [-0.15, -0.1) is 0 Å². The summed E-state index contributed by atoms with van der Waals surface area (Å²) >= 11 is 0. The van der Waals surface area contributed by atoms with E-state index in [4.69, 9.17) is 18.8 Å². The van der Waals surface area contributed by atoms with Crippen LogP contribution < -0.4 is 0 Å². The van der Waals surface area contributed by atoms with Crippen molar-refractivity contribution in [2.45, 2.75) is 64.9 Å². The summed E-state index contributed by atoms with van der Waals surface area (Å²) in [6, 6.07) is 20.6. The summed E-state index contributed by atoms with van der Waals surface area (Å²) < 4.78 is 25.1. The molecule has 1 saturated heterocycles. The summed E-state index contributed by atoms with van der Waals surface area (Å²) in [6.45, 7) is 13.3. The standard InChI is InChI=1S/C26H35BO4/c1-24(2)25(3,4)31-27(30-24)23-22(18-28-16-20-12-8-6-9-13-20)26(23,5)19-29-17-21-14-10-7-11-15-21/h6-15,22-23H,16-19H2,1-5H3/t22-,23+,26-/m0/s1. The third-order valence-electron chi connectivity index (χ3n) is 7.43. The molecule has 2 fully saturated rings. The van der Waals surface area contributed by atoms with Crippen LogP contribution in [-0.2, 0) is 32.0 Å². The zero-order valence-electron chi connectivity index (χ0n) is 19.5. The molecule has 2 aromatic carbocycles. The number of rotatable bonds is 9. The SMILES string of the molecule is CC1(C)OB([C@@H]2[C@H](COCc3ccccc3)[C@]2(C)COCc2ccccc2)OC1(C)C. The average Bonchev–Trinajstić information content (AvgIpc) is 3.24. The molecule has 2 aromatic rings. The normalized spacial score (nSPS) is 28.6. The van der Waals surface area contributed by atoms with Crippen LogP contribution in [0.1, 0.15) is 45.7 Å². The summed E-state index contributed by atoms with van der Waals surface area (Å²) in [7, 11) is -0.236. The molecule has 31 heavy (non-hydrogen) atoms. The van der Waals surface area contributed by atoms with Crippen LogP contribution in [0.2, 0.25) is 5.82 Å². The molecule has 0 N–H and O–H groups in total. The molecule has 0 bridgehead atoms. The minimum absolute atomic E-state index is 0.0351. The number of hydrogen-bond donors (Lipinski definition) is 0. The van der Waals surface area contributed by atoms with Gasteiger partial charge in [0.2, 0.25) is 0 Å². The van der Waals surface area contributed by atoms with Crippen molar-refractivity contribution in [2.24, 2.45) is 11.3 Å². The Morgan fingerprint density at radius 2 is 1.23 bits per heavy atom. The van der Waals surface area contributed by atoms with Crippen molar-refractivity contribution < 1.29 is 18.8 Å². The van der Waals surface area contributed by atoms with Crippen molar-refractivity contribution in [2.75, 3.05) is 13.2 Å². The monoisotopic (exact) mass is 422 g/mol. The molecule has 2 aliphatic rings. The lowest BCUT2D eigenvalue weighted by atomic mass is 9.77. The number of benzene rings is 2. The Morgan fingerprint density at radius 3 is 1.74 bits per heavy atom. The minimum Gasteiger partial charge on any atom is -0.403 e. The van der Waals surface area contributed by atoms with Crippen molar-refractivity contribution in [1.82, 2.24) is 0 Å². The number of hydrogen-bond acceptors (Lipinski definition) is 4. The molecule has 1 heterocycles. The first-order chi connectivity index (χ1) is 14.7. The molecule has 4 rings (SSSR count). The Labute approximate surface area is 187 Å². The van der Waals surface area contributed by atoms with Gasteiger partial charge in [0.1, 0.15) is 0 Å². The molecule has 3 atom stereocenters. The van der Waals surface area contributed by atoms with Crippen molar-refractivity contribution in [1.29, 1.82) is 0 Å². The highest BCUT2D eigenvalue weighted by molar-refractivity contribution is 6.49. The zero-order valence-corrected chi connectivity index (χ0v) is 19.5. The van der Waals surface area contributed by atoms with E-state index >= 15 is 0 Å². The van der Waals surface area contributed by atoms with Crippen LogP contribution in [0.4, 0.5) is 0 Å². The highest BCUT2D eigenvalue weighted by atomic mass is 16.7. The Hall–Kier alpha value is -1.66. The second kappa shape index (κ2) is 8.70. The Bertz CT molecular complexity index is 838. The van der Waals surface area contributed by atoms with Gasteiger partial charge in [0.15, 0.2) is 0 Å². The van der Waals surface area contributed by atoms with E-state index in [9.17, 15) is 0 Å². The van der Waals surface area contributed by atoms with E-state index in [-0.39, 0.29) is 29.6 Å². The van der Waals surface area contributed by atoms with E-state index in [1.807, 2.05) is 36.4 Å². The van der Waals surface area contributed by atoms with Gasteiger partial charge in [0.25, 0.3) is 0 Å². The highest BCUT2D eigenvalue weighted by Gasteiger charge is 2.71. The second-order valence-electron chi connectivity index (χ2n) is 10.2. The molecule has 1 aliphatic carbocycles. The quantitative estimate of drug-likeness (QED) is 0.499. The van der Waals surface area contributed by atoms with Gasteiger partial charge in [-0.25, -0.2) is 0 Å². The van der Waals surface area contributed by atoms with Crippen LogP contribution in [-0.4, -0.2) is 31.5 Å². The van der Waals surface area contributed by atoms with Gasteiger partial charge in [-0.2, -0.15) is 0 Å². The van der Waals surface area contributed by atoms with Crippen LogP contribution in [0.3, 0.4) is 0 Å². The van der Waals surface area contributed by atoms with E-state index in [1.54, 1.807) is 0 Å². The predicted molar refractivity (Wildman–Crippen MR) is 124 cm³/mol. The van der Waals surface area contributed by atoms with Crippen LogP contribution in [0.15, 0.2) is 60.7 Å². The molecular weight excluding hydrogens is 387 g/mol. The predicted octanol–water partition coefficient (Wildman–Crippen LogP) is 5.52. The Morgan fingerprint density at radius 1 is 0.742 bits per heavy atom. The zero-order chi connectivity index (χ0) is 22.1. The summed E-state index contributed by atoms with van der Waals surface area (Å²) in [5, 5.41) is 0. The third-order valence-corrected chi connectivity index (χ3v) is 7.43. The average molecular weight is 422 g/mol. The van der Waals surface area contributed by atoms with E-state index in [2.05, 4.69) is 58.9 Å². The first kappa shape index (κ1) is 22.5. The van der Waals surface area contributed by atoms with Crippen LogP contribution in [0.25, 0.3) is 0 Å². The lowest BCUT2D eigenvalue weighted by molar-refractivity contribution is 0.00578. The molecule has 4 nitrogen and oxygen atoms in total. The van der Waals surface area contributed by atoms with Gasteiger partial charge in [0.05, 0.1) is 37.6 Å². The third kappa shape index (κ3) is 4.75. The van der Waals surface area contributed by atoms with Gasteiger partial charge in [-0.3, -0.25) is 0 Å². The van der Waals surface area contributed by atoms with Gasteiger partial charge >= 0.3 is 7.12 Å². The Balaban J connectivity index is 1.40. The fraction of sp³-hybridized carbons (Fsp3) is 0.538. The van der Waals surface area contributed by atoms with Crippen molar-refractivity contribution in [3.63, 3.8) is 0 Å². The number of ether oxygens (including phenoxy) is 2. The summed E-state index contributed by atoms with van der Waals surface area (Å²) in [5.74, 6) is 0.585. The molecule has 0 aromatic heterocycles. The highest BCUT2D eigenvalue weighted by Crippen LogP contribution is 2.67. The lowest BCUT2D eigenvalue weighted by Crippen LogP contribution is -2.41. The maximum absolute atomic E-state index is 6.41. The van der Waals surface area contributed by atoms with Crippen LogP contribution in [0.5, 0.6) is 0 Å². The molecule has 166 valence electrons. The molecule has 5 heteroatoms. The maximum atomic E-state index is 6.41. The minimum atomic E-state index is -0.332. The van der Waals surface area contributed by atoms with Crippen molar-refractivity contribution in [3.05, 3.63) is 71.8 Å². The lowest BCUT2D eigenvalue weighted by Gasteiger charge is -2.32. The molecule has 0 amide bonds. The first-order valence-electron chi connectivity index (χ1n) is 11.3. The van der Waals surface area contributed by atoms with Gasteiger partial charge in [-0.1, -0.05) is 67.6 Å². The fourth-order valence-electron chi connectivity index (χ4n) is 4.57. The van der Waals surface area contributed by atoms with E-state index < -0.39 is 0 Å². The summed E-state index contributed by atoms with van der Waals surface area (Å²) in [6.07, 6.45) is 0. The van der Waals surface area contributed by atoms with E-state index in [0.29, 0.717) is 32.3 Å². The van der Waals surface area contributed by atoms with E-state index in [0.717, 1.165) is 0 Å². The summed E-state index contributed by atoms with van der Waals surface area (Å²) in [4.78, 5) is 0. The molecule has 0 spiro atoms. The van der Waals surface area contributed by atoms with Crippen LogP contribution >= 0.6 is 0 Å². The first-order valence-corrected chi connectivity index (χ1v) is 11.3. The molecule has 1 saturated carbocycles. The summed E-state index contributed by atoms with van der Waals surface area (Å²) in [5.41, 5.74) is 1.68. The van der Waals surface area contributed by atoms with Gasteiger partial charge < -0.3 is 18.8 Å². The maximum Gasteiger partial charge on any atom is 0.462 e. The van der Waals surface area contributed by atoms with Crippen molar-refractivity contribution in [3.8, 4) is 0 Å². The van der Waals surface area contributed by atoms with Gasteiger partial charge in [-0.05, 0) is 50.2 Å². The molecule has 0 radical (unpaired) electrons. The molecule has 0 unspecified atom stereocenters. The van der Waals surface area contributed by atoms with Crippen molar-refractivity contribution >= 4 is 7.12 Å². The topological polar surface area (TPSA) is 36.9 Å². The van der Waals surface area contributed by atoms with E-state index in [1.165, 1.54) is 11.1 Å². The Kier molecular flexibility index (Phi) is 6.33. The second-order valence-corrected chi connectivity index (χ2v) is 10.2. The molecule has 1 aliphatic heterocycles. The van der Waals surface area contributed by atoms with Gasteiger partial charge in [0, 0.05) is 5.82 Å². The molecular formula is C26H35BO4. The smallest absolute Gasteiger partial charge is 0.403 e.